The molecule has 5 nitrogen and oxygen atoms in total. The molecule has 582 valence electrons. The highest BCUT2D eigenvalue weighted by atomic mass is 15.2. The zero-order valence-corrected chi connectivity index (χ0v) is 71.8. The Labute approximate surface area is 706 Å². The summed E-state index contributed by atoms with van der Waals surface area (Å²) in [5.74, 6) is 0. The van der Waals surface area contributed by atoms with Gasteiger partial charge in [0.05, 0.1) is 50.1 Å². The number of nitrogens with zero attached hydrogens (tertiary/aromatic N) is 5. The minimum atomic E-state index is -0.574. The van der Waals surface area contributed by atoms with E-state index in [2.05, 4.69) is 390 Å². The first-order valence-corrected chi connectivity index (χ1v) is 41.6. The van der Waals surface area contributed by atoms with Crippen molar-refractivity contribution in [1.29, 1.82) is 0 Å². The topological polar surface area (TPSA) is 29.2 Å². The first-order chi connectivity index (χ1) is 58.8. The number of pyridine rings is 1. The van der Waals surface area contributed by atoms with Crippen molar-refractivity contribution >= 4 is 101 Å². The third kappa shape index (κ3) is 13.2. The Bertz CT molecular complexity index is 6960. The van der Waals surface area contributed by atoms with E-state index in [9.17, 15) is 11.0 Å². The summed E-state index contributed by atoms with van der Waals surface area (Å²) < 4.78 is 81.0. The van der Waals surface area contributed by atoms with Crippen molar-refractivity contribution in [2.45, 2.75) is 183 Å². The minimum absolute atomic E-state index is 0.00477. The van der Waals surface area contributed by atoms with Gasteiger partial charge in [0.1, 0.15) is 0 Å². The molecule has 0 fully saturated rings. The quantitative estimate of drug-likeness (QED) is 0.135. The van der Waals surface area contributed by atoms with Gasteiger partial charge in [-0.2, -0.15) is 0 Å². The zero-order chi connectivity index (χ0) is 89.1. The van der Waals surface area contributed by atoms with Gasteiger partial charge in [-0.25, -0.2) is 0 Å². The summed E-state index contributed by atoms with van der Waals surface area (Å²) in [6, 6.07) is 84.7. The van der Waals surface area contributed by atoms with Crippen molar-refractivity contribution in [3.05, 3.63) is 324 Å². The minimum Gasteiger partial charge on any atom is -0.310 e. The molecule has 2 aliphatic heterocycles. The predicted octanol–water partition coefficient (Wildman–Crippen LogP) is 28.8. The third-order valence-corrected chi connectivity index (χ3v) is 24.5. The molecule has 2 aliphatic rings. The molecule has 0 radical (unpaired) electrons. The highest BCUT2D eigenvalue weighted by Crippen LogP contribution is 2.57. The number of benzene rings is 13. The van der Waals surface area contributed by atoms with Crippen LogP contribution in [0.25, 0.3) is 111 Å². The first-order valence-electron chi connectivity index (χ1n) is 45.6. The molecule has 0 saturated carbocycles. The van der Waals surface area contributed by atoms with Crippen LogP contribution in [-0.2, 0) is 37.9 Å². The Hall–Kier alpha value is -11.7. The summed E-state index contributed by atoms with van der Waals surface area (Å²) in [4.78, 5) is 11.0. The van der Waals surface area contributed by atoms with Crippen LogP contribution in [0.1, 0.15) is 196 Å². The fourth-order valence-electron chi connectivity index (χ4n) is 18.0. The van der Waals surface area contributed by atoms with Crippen LogP contribution >= 0.6 is 0 Å². The molecule has 0 bridgehead atoms. The third-order valence-electron chi connectivity index (χ3n) is 24.5. The molecule has 0 atom stereocenters. The summed E-state index contributed by atoms with van der Waals surface area (Å²) in [5, 5.41) is 2.35. The summed E-state index contributed by atoms with van der Waals surface area (Å²) >= 11 is 0. The number of rotatable bonds is 9. The van der Waals surface area contributed by atoms with E-state index in [1.165, 1.54) is 27.5 Å². The second-order valence-corrected chi connectivity index (χ2v) is 40.0. The van der Waals surface area contributed by atoms with E-state index in [1.54, 1.807) is 4.57 Å². The normalized spacial score (nSPS) is 14.4. The summed E-state index contributed by atoms with van der Waals surface area (Å²) in [6.07, 6.45) is 0. The van der Waals surface area contributed by atoms with Gasteiger partial charge in [0.25, 0.3) is 6.71 Å². The van der Waals surface area contributed by atoms with Crippen molar-refractivity contribution in [3.8, 4) is 67.0 Å². The summed E-state index contributed by atoms with van der Waals surface area (Å²) in [6.45, 7) is 47.5. The van der Waals surface area contributed by atoms with Crippen LogP contribution in [0.4, 0.5) is 34.1 Å². The second kappa shape index (κ2) is 27.5. The Kier molecular flexibility index (Phi) is 15.8. The van der Waals surface area contributed by atoms with Crippen molar-refractivity contribution in [2.75, 3.05) is 9.80 Å². The lowest BCUT2D eigenvalue weighted by Gasteiger charge is -2.46. The molecule has 0 amide bonds. The molecule has 13 aromatic carbocycles. The maximum atomic E-state index is 10.0. The van der Waals surface area contributed by atoms with Crippen LogP contribution in [0.15, 0.2) is 285 Å². The maximum absolute atomic E-state index is 10.0. The lowest BCUT2D eigenvalue weighted by atomic mass is 9.33. The van der Waals surface area contributed by atoms with Gasteiger partial charge in [-0.3, -0.25) is 4.98 Å². The van der Waals surface area contributed by atoms with E-state index < -0.39 is 48.4 Å². The largest absolute Gasteiger partial charge is 0.310 e. The van der Waals surface area contributed by atoms with E-state index in [1.807, 2.05) is 6.07 Å². The lowest BCUT2D eigenvalue weighted by molar-refractivity contribution is 0.532. The molecule has 18 rings (SSSR count). The van der Waals surface area contributed by atoms with E-state index in [4.69, 9.17) is 4.98 Å². The molecular weight excluding hydrogens is 1410 g/mol. The van der Waals surface area contributed by atoms with Gasteiger partial charge in [-0.05, 0) is 202 Å². The van der Waals surface area contributed by atoms with Crippen LogP contribution in [0.2, 0.25) is 0 Å². The van der Waals surface area contributed by atoms with E-state index >= 15 is 0 Å². The van der Waals surface area contributed by atoms with Gasteiger partial charge in [-0.15, -0.1) is 0 Å². The van der Waals surface area contributed by atoms with Gasteiger partial charge in [-0.1, -0.05) is 327 Å². The standard InChI is InChI=1S/C111H110BN5/c1-105(2,3)74-43-35-42-72(58-74)73-59-98-101-99(60-73)117(103-86(71-40-29-24-30-41-71)65-78(109(13,14)15)66-89(103)83-52-57-100(110(16,17)18)113-104(83)111(19,20)21)97-68-80(115-94-55-48-75(106(4,5)6)61-87(94)88-62-76(107(7,8)9)49-56-95(88)115)51-54-91(97)112(101)90-53-50-79(114-92-46-33-31-44-81(92)82-45-32-34-47-93(82)114)67-96(90)116(98)102-84(69-36-25-22-26-37-69)63-77(108(10,11)12)64-85(102)70-38-27-23-28-39-70/h22-68H,1-21H3/i31D,32D,33D,34D,44D,45D,46D,47D. The number of para-hydroxylation sites is 2. The van der Waals surface area contributed by atoms with Gasteiger partial charge in [0, 0.05) is 100 Å². The van der Waals surface area contributed by atoms with Crippen LogP contribution < -0.4 is 26.2 Å². The fraction of sp³-hybridized carbons (Fsp3) is 0.252. The van der Waals surface area contributed by atoms with Crippen molar-refractivity contribution in [2.24, 2.45) is 0 Å². The van der Waals surface area contributed by atoms with Gasteiger partial charge in [0.2, 0.25) is 0 Å². The smallest absolute Gasteiger partial charge is 0.252 e. The van der Waals surface area contributed by atoms with E-state index in [-0.39, 0.29) is 66.4 Å². The Morgan fingerprint density at radius 3 is 1.09 bits per heavy atom. The predicted molar refractivity (Wildman–Crippen MR) is 505 cm³/mol. The van der Waals surface area contributed by atoms with Crippen molar-refractivity contribution in [1.82, 2.24) is 14.1 Å². The molecule has 0 saturated heterocycles. The SMILES string of the molecule is [2H]c1c([2H])c([2H])c2c(c1[2H])c1c([2H])c([2H])c([2H])c([2H])c1n2-c1ccc2c(c1)N(c1c(-c3ccccc3)cc(C(C)(C)C)cc1-c1ccccc1)c1cc(-c3cccc(C(C)(C)C)c3)cc3c1B2c1ccc(-n2c4ccc(C(C)(C)C)cc4c4cc(C(C)(C)C)ccc42)cc1N3c1c(-c2ccccc2)cc(C(C)(C)C)cc1-c1ccc(C(C)(C)C)nc1C(C)(C)C. The van der Waals surface area contributed by atoms with E-state index in [0.717, 1.165) is 145 Å². The molecule has 117 heavy (non-hydrogen) atoms. The van der Waals surface area contributed by atoms with Crippen LogP contribution in [0.3, 0.4) is 0 Å². The molecule has 3 aromatic heterocycles. The van der Waals surface area contributed by atoms with Crippen molar-refractivity contribution in [3.63, 3.8) is 0 Å². The fourth-order valence-corrected chi connectivity index (χ4v) is 18.0. The number of aromatic nitrogens is 3. The molecule has 5 heterocycles. The van der Waals surface area contributed by atoms with Gasteiger partial charge in [0.15, 0.2) is 0 Å². The molecule has 0 unspecified atom stereocenters. The number of hydrogen-bond donors (Lipinski definition) is 0. The molecule has 16 aromatic rings. The average Bonchev–Trinajstić information content (AvgIpc) is 0.923. The molecule has 0 N–H and O–H groups in total. The van der Waals surface area contributed by atoms with Crippen LogP contribution in [0, 0.1) is 0 Å². The van der Waals surface area contributed by atoms with Crippen molar-refractivity contribution < 1.29 is 11.0 Å². The van der Waals surface area contributed by atoms with Gasteiger partial charge < -0.3 is 18.9 Å². The Morgan fingerprint density at radius 1 is 0.274 bits per heavy atom. The Morgan fingerprint density at radius 2 is 0.667 bits per heavy atom. The molecule has 0 aliphatic carbocycles. The summed E-state index contributed by atoms with van der Waals surface area (Å²) in [5.41, 5.74) is 27.8. The van der Waals surface area contributed by atoms with Gasteiger partial charge >= 0.3 is 0 Å². The van der Waals surface area contributed by atoms with Crippen LogP contribution in [0.5, 0.6) is 0 Å². The van der Waals surface area contributed by atoms with Crippen LogP contribution in [-0.4, -0.2) is 20.8 Å². The molecular formula is C111H110BN5. The Balaban J connectivity index is 1.09. The highest BCUT2D eigenvalue weighted by Gasteiger charge is 2.47. The first kappa shape index (κ1) is 67.4. The number of anilines is 6. The zero-order valence-electron chi connectivity index (χ0n) is 79.8. The second-order valence-electron chi connectivity index (χ2n) is 40.0. The monoisotopic (exact) mass is 1530 g/mol. The average molecular weight is 1530 g/mol. The molecule has 0 spiro atoms. The number of hydrogen-bond acceptors (Lipinski definition) is 3. The highest BCUT2D eigenvalue weighted by molar-refractivity contribution is 7.00. The molecule has 6 heteroatoms. The summed E-state index contributed by atoms with van der Waals surface area (Å²) in [7, 11) is 0. The lowest BCUT2D eigenvalue weighted by Crippen LogP contribution is -2.61. The number of fused-ring (bicyclic) bond motifs is 10. The maximum Gasteiger partial charge on any atom is 0.252 e. The van der Waals surface area contributed by atoms with E-state index in [0.29, 0.717) is 5.69 Å².